The van der Waals surface area contributed by atoms with Gasteiger partial charge >= 0.3 is 0 Å². The van der Waals surface area contributed by atoms with Gasteiger partial charge in [0.2, 0.25) is 0 Å². The molecule has 1 saturated heterocycles. The fourth-order valence-electron chi connectivity index (χ4n) is 2.18. The van der Waals surface area contributed by atoms with Gasteiger partial charge in [0.1, 0.15) is 17.7 Å². The molecule has 0 aromatic heterocycles. The quantitative estimate of drug-likeness (QED) is 0.704. The van der Waals surface area contributed by atoms with Crippen molar-refractivity contribution >= 4 is 0 Å². The highest BCUT2D eigenvalue weighted by molar-refractivity contribution is 5.35. The van der Waals surface area contributed by atoms with Gasteiger partial charge in [-0.25, -0.2) is 4.39 Å². The molecule has 2 nitrogen and oxygen atoms in total. The van der Waals surface area contributed by atoms with Crippen LogP contribution in [0.3, 0.4) is 0 Å². The van der Waals surface area contributed by atoms with Crippen LogP contribution in [0.1, 0.15) is 12.0 Å². The number of rotatable bonds is 1. The lowest BCUT2D eigenvalue weighted by molar-refractivity contribution is -0.0874. The second-order valence-electron chi connectivity index (χ2n) is 4.24. The van der Waals surface area contributed by atoms with E-state index in [-0.39, 0.29) is 11.9 Å². The van der Waals surface area contributed by atoms with Gasteiger partial charge in [0.15, 0.2) is 0 Å². The van der Waals surface area contributed by atoms with E-state index in [9.17, 15) is 4.39 Å². The first kappa shape index (κ1) is 9.16. The number of hydrogen-bond acceptors (Lipinski definition) is 2. The Morgan fingerprint density at radius 2 is 2.13 bits per heavy atom. The molecule has 0 saturated carbocycles. The van der Waals surface area contributed by atoms with Crippen LogP contribution in [-0.2, 0) is 11.2 Å². The van der Waals surface area contributed by atoms with Crippen LogP contribution < -0.4 is 4.74 Å². The Bertz CT molecular complexity index is 374. The normalized spacial score (nSPS) is 25.3. The summed E-state index contributed by atoms with van der Waals surface area (Å²) >= 11 is 0. The van der Waals surface area contributed by atoms with Crippen molar-refractivity contribution in [2.75, 3.05) is 13.2 Å². The summed E-state index contributed by atoms with van der Waals surface area (Å²) < 4.78 is 24.0. The Morgan fingerprint density at radius 1 is 1.27 bits per heavy atom. The summed E-state index contributed by atoms with van der Waals surface area (Å²) in [6.45, 7) is 1.61. The Labute approximate surface area is 88.0 Å². The van der Waals surface area contributed by atoms with Crippen LogP contribution in [0.2, 0.25) is 0 Å². The molecular formula is C12H13FO2. The highest BCUT2D eigenvalue weighted by Crippen LogP contribution is 2.32. The smallest absolute Gasteiger partial charge is 0.123 e. The summed E-state index contributed by atoms with van der Waals surface area (Å²) in [4.78, 5) is 0. The molecule has 0 bridgehead atoms. The van der Waals surface area contributed by atoms with Crippen molar-refractivity contribution in [1.82, 2.24) is 0 Å². The molecular weight excluding hydrogens is 195 g/mol. The minimum absolute atomic E-state index is 0.178. The fraction of sp³-hybridized carbons (Fsp3) is 0.500. The first-order valence-corrected chi connectivity index (χ1v) is 5.36. The van der Waals surface area contributed by atoms with Gasteiger partial charge in [0.05, 0.1) is 13.2 Å². The maximum atomic E-state index is 13.0. The number of benzene rings is 1. The van der Waals surface area contributed by atoms with Crippen LogP contribution in [0.4, 0.5) is 4.39 Å². The molecule has 0 amide bonds. The maximum absolute atomic E-state index is 13.0. The molecule has 0 radical (unpaired) electrons. The van der Waals surface area contributed by atoms with Crippen molar-refractivity contribution < 1.29 is 13.9 Å². The van der Waals surface area contributed by atoms with E-state index in [1.54, 1.807) is 12.1 Å². The highest BCUT2D eigenvalue weighted by atomic mass is 19.1. The largest absolute Gasteiger partial charge is 0.490 e. The molecule has 0 spiro atoms. The monoisotopic (exact) mass is 208 g/mol. The van der Waals surface area contributed by atoms with E-state index >= 15 is 0 Å². The summed E-state index contributed by atoms with van der Waals surface area (Å²) in [6.07, 6.45) is 2.15. The average Bonchev–Trinajstić information content (AvgIpc) is 2.15. The Morgan fingerprint density at radius 3 is 2.87 bits per heavy atom. The molecule has 1 fully saturated rings. The van der Waals surface area contributed by atoms with E-state index in [1.165, 1.54) is 6.07 Å². The summed E-state index contributed by atoms with van der Waals surface area (Å²) in [6, 6.07) is 4.76. The Kier molecular flexibility index (Phi) is 2.13. The van der Waals surface area contributed by atoms with Crippen molar-refractivity contribution in [2.45, 2.75) is 18.9 Å². The summed E-state index contributed by atoms with van der Waals surface area (Å²) in [5.74, 6) is 1.20. The van der Waals surface area contributed by atoms with E-state index in [0.29, 0.717) is 5.92 Å². The van der Waals surface area contributed by atoms with E-state index in [0.717, 1.165) is 37.4 Å². The van der Waals surface area contributed by atoms with Gasteiger partial charge < -0.3 is 9.47 Å². The summed E-state index contributed by atoms with van der Waals surface area (Å²) in [7, 11) is 0. The molecule has 2 aliphatic heterocycles. The first-order chi connectivity index (χ1) is 7.33. The number of hydrogen-bond donors (Lipinski definition) is 0. The average molecular weight is 208 g/mol. The van der Waals surface area contributed by atoms with Gasteiger partial charge in [-0.2, -0.15) is 0 Å². The standard InChI is InChI=1S/C12H13FO2/c13-10-2-4-11-8(5-10)1-3-12(15-11)9-6-14-7-9/h2,4-5,9,12H,1,3,6-7H2/t12-/m0/s1. The minimum Gasteiger partial charge on any atom is -0.490 e. The molecule has 2 aliphatic rings. The number of halogens is 1. The zero-order valence-electron chi connectivity index (χ0n) is 8.41. The number of ether oxygens (including phenoxy) is 2. The SMILES string of the molecule is Fc1ccc2c(c1)CC[C@@H](C1COC1)O2. The molecule has 80 valence electrons. The molecule has 2 heterocycles. The Balaban J connectivity index is 1.80. The zero-order valence-corrected chi connectivity index (χ0v) is 8.41. The van der Waals surface area contributed by atoms with Gasteiger partial charge in [0.25, 0.3) is 0 Å². The third kappa shape index (κ3) is 1.61. The molecule has 1 aromatic rings. The first-order valence-electron chi connectivity index (χ1n) is 5.36. The molecule has 0 N–H and O–H groups in total. The topological polar surface area (TPSA) is 18.5 Å². The van der Waals surface area contributed by atoms with Crippen LogP contribution in [0, 0.1) is 11.7 Å². The maximum Gasteiger partial charge on any atom is 0.123 e. The summed E-state index contributed by atoms with van der Waals surface area (Å²) in [5.41, 5.74) is 0.992. The van der Waals surface area contributed by atoms with Gasteiger partial charge in [-0.15, -0.1) is 0 Å². The van der Waals surface area contributed by atoms with Gasteiger partial charge in [-0.1, -0.05) is 0 Å². The molecule has 1 aromatic carbocycles. The lowest BCUT2D eigenvalue weighted by Gasteiger charge is -2.36. The van der Waals surface area contributed by atoms with Crippen molar-refractivity contribution in [1.29, 1.82) is 0 Å². The molecule has 15 heavy (non-hydrogen) atoms. The molecule has 0 unspecified atom stereocenters. The van der Waals surface area contributed by atoms with E-state index in [1.807, 2.05) is 0 Å². The van der Waals surface area contributed by atoms with E-state index < -0.39 is 0 Å². The fourth-order valence-corrected chi connectivity index (χ4v) is 2.18. The highest BCUT2D eigenvalue weighted by Gasteiger charge is 2.32. The second-order valence-corrected chi connectivity index (χ2v) is 4.24. The van der Waals surface area contributed by atoms with Crippen LogP contribution >= 0.6 is 0 Å². The summed E-state index contributed by atoms with van der Waals surface area (Å²) in [5, 5.41) is 0. The van der Waals surface area contributed by atoms with Crippen molar-refractivity contribution in [2.24, 2.45) is 5.92 Å². The van der Waals surface area contributed by atoms with Crippen molar-refractivity contribution in [3.63, 3.8) is 0 Å². The number of fused-ring (bicyclic) bond motifs is 1. The lowest BCUT2D eigenvalue weighted by Crippen LogP contribution is -2.42. The zero-order chi connectivity index (χ0) is 10.3. The predicted octanol–water partition coefficient (Wildman–Crippen LogP) is 2.17. The van der Waals surface area contributed by atoms with Crippen LogP contribution in [0.5, 0.6) is 5.75 Å². The second kappa shape index (κ2) is 3.49. The third-order valence-corrected chi connectivity index (χ3v) is 3.19. The van der Waals surface area contributed by atoms with Gasteiger partial charge in [-0.3, -0.25) is 0 Å². The van der Waals surface area contributed by atoms with Crippen molar-refractivity contribution in [3.8, 4) is 5.75 Å². The minimum atomic E-state index is -0.178. The van der Waals surface area contributed by atoms with E-state index in [2.05, 4.69) is 0 Å². The predicted molar refractivity (Wildman–Crippen MR) is 53.4 cm³/mol. The van der Waals surface area contributed by atoms with Crippen LogP contribution in [-0.4, -0.2) is 19.3 Å². The van der Waals surface area contributed by atoms with Crippen LogP contribution in [0.15, 0.2) is 18.2 Å². The van der Waals surface area contributed by atoms with Gasteiger partial charge in [0, 0.05) is 5.92 Å². The Hall–Kier alpha value is -1.09. The molecule has 3 heteroatoms. The molecule has 1 atom stereocenters. The number of aryl methyl sites for hydroxylation is 1. The molecule has 3 rings (SSSR count). The van der Waals surface area contributed by atoms with E-state index in [4.69, 9.17) is 9.47 Å². The van der Waals surface area contributed by atoms with Gasteiger partial charge in [-0.05, 0) is 36.6 Å². The third-order valence-electron chi connectivity index (χ3n) is 3.19. The van der Waals surface area contributed by atoms with Crippen LogP contribution in [0.25, 0.3) is 0 Å². The molecule has 0 aliphatic carbocycles. The lowest BCUT2D eigenvalue weighted by atomic mass is 9.92. The van der Waals surface area contributed by atoms with Crippen molar-refractivity contribution in [3.05, 3.63) is 29.6 Å².